The highest BCUT2D eigenvalue weighted by Crippen LogP contribution is 2.53. The molecule has 1 atom stereocenters. The van der Waals surface area contributed by atoms with Crippen molar-refractivity contribution >= 4 is 13.4 Å². The van der Waals surface area contributed by atoms with Gasteiger partial charge in [-0.15, -0.1) is 6.58 Å². The van der Waals surface area contributed by atoms with Crippen molar-refractivity contribution in [1.82, 2.24) is 0 Å². The van der Waals surface area contributed by atoms with Gasteiger partial charge in [-0.1, -0.05) is 13.0 Å². The van der Waals surface area contributed by atoms with Crippen molar-refractivity contribution in [2.75, 3.05) is 13.2 Å². The van der Waals surface area contributed by atoms with Gasteiger partial charge in [-0.3, -0.25) is 9.36 Å². The Kier molecular flexibility index (Phi) is 6.73. The number of Topliss-reactive ketones (excluding diaryl/α,β-unsaturated/α-hetero) is 1. The van der Waals surface area contributed by atoms with E-state index in [0.717, 1.165) is 0 Å². The molecule has 0 aliphatic rings. The summed E-state index contributed by atoms with van der Waals surface area (Å²) in [5.41, 5.74) is -0.845. The van der Waals surface area contributed by atoms with Crippen molar-refractivity contribution in [3.8, 4) is 0 Å². The maximum Gasteiger partial charge on any atom is 0.344 e. The minimum Gasteiger partial charge on any atom is -0.308 e. The molecule has 5 heteroatoms. The molecule has 0 heterocycles. The predicted molar refractivity (Wildman–Crippen MR) is 60.1 cm³/mol. The van der Waals surface area contributed by atoms with Crippen LogP contribution >= 0.6 is 7.60 Å². The fourth-order valence-electron chi connectivity index (χ4n) is 1.20. The first-order valence-corrected chi connectivity index (χ1v) is 6.70. The van der Waals surface area contributed by atoms with E-state index < -0.39 is 13.3 Å². The van der Waals surface area contributed by atoms with Gasteiger partial charge in [0, 0.05) is 6.42 Å². The molecule has 0 aliphatic heterocycles. The monoisotopic (exact) mass is 234 g/mol. The Morgan fingerprint density at radius 1 is 1.33 bits per heavy atom. The van der Waals surface area contributed by atoms with E-state index >= 15 is 0 Å². The molecule has 0 saturated carbocycles. The van der Waals surface area contributed by atoms with Crippen LogP contribution in [0.3, 0.4) is 0 Å². The highest BCUT2D eigenvalue weighted by molar-refractivity contribution is 7.56. The maximum absolute atomic E-state index is 12.2. The number of hydrogen-bond acceptors (Lipinski definition) is 4. The Morgan fingerprint density at radius 2 is 1.80 bits per heavy atom. The smallest absolute Gasteiger partial charge is 0.308 e. The zero-order valence-electron chi connectivity index (χ0n) is 9.56. The molecule has 0 bridgehead atoms. The molecule has 0 aliphatic carbocycles. The number of carbonyl (C=O) groups excluding carboxylic acids is 1. The molecule has 0 aromatic carbocycles. The molecule has 0 aromatic heterocycles. The van der Waals surface area contributed by atoms with Crippen molar-refractivity contribution in [3.05, 3.63) is 12.7 Å². The van der Waals surface area contributed by atoms with Crippen molar-refractivity contribution in [3.63, 3.8) is 0 Å². The summed E-state index contributed by atoms with van der Waals surface area (Å²) in [6, 6.07) is 0. The van der Waals surface area contributed by atoms with Crippen molar-refractivity contribution < 1.29 is 18.4 Å². The molecular formula is C10H19O4P. The summed E-state index contributed by atoms with van der Waals surface area (Å²) in [6.45, 7) is 9.14. The third kappa shape index (κ3) is 3.90. The SMILES string of the molecule is C=CC(C(=O)CC)P(=O)(OCC)OCC. The highest BCUT2D eigenvalue weighted by Gasteiger charge is 2.37. The molecule has 0 amide bonds. The van der Waals surface area contributed by atoms with Crippen LogP contribution in [-0.2, 0) is 18.4 Å². The third-order valence-corrected chi connectivity index (χ3v) is 4.28. The molecule has 0 spiro atoms. The zero-order chi connectivity index (χ0) is 11.9. The Labute approximate surface area is 91.2 Å². The van der Waals surface area contributed by atoms with E-state index in [1.54, 1.807) is 20.8 Å². The van der Waals surface area contributed by atoms with Crippen LogP contribution < -0.4 is 0 Å². The lowest BCUT2D eigenvalue weighted by Crippen LogP contribution is -2.20. The summed E-state index contributed by atoms with van der Waals surface area (Å²) in [5.74, 6) is -0.171. The largest absolute Gasteiger partial charge is 0.344 e. The molecule has 0 aromatic rings. The number of carbonyl (C=O) groups is 1. The van der Waals surface area contributed by atoms with Gasteiger partial charge >= 0.3 is 7.60 Å². The molecule has 88 valence electrons. The van der Waals surface area contributed by atoms with Gasteiger partial charge in [-0.2, -0.15) is 0 Å². The van der Waals surface area contributed by atoms with Crippen LogP contribution in [0.25, 0.3) is 0 Å². The molecule has 0 saturated heterocycles. The van der Waals surface area contributed by atoms with Gasteiger partial charge in [-0.25, -0.2) is 0 Å². The van der Waals surface area contributed by atoms with E-state index in [2.05, 4.69) is 6.58 Å². The van der Waals surface area contributed by atoms with Crippen LogP contribution in [0, 0.1) is 0 Å². The van der Waals surface area contributed by atoms with E-state index in [0.29, 0.717) is 6.42 Å². The quantitative estimate of drug-likeness (QED) is 0.478. The number of rotatable bonds is 8. The average molecular weight is 234 g/mol. The van der Waals surface area contributed by atoms with E-state index in [1.807, 2.05) is 0 Å². The lowest BCUT2D eigenvalue weighted by atomic mass is 10.2. The fraction of sp³-hybridized carbons (Fsp3) is 0.700. The summed E-state index contributed by atoms with van der Waals surface area (Å²) in [7, 11) is -3.37. The summed E-state index contributed by atoms with van der Waals surface area (Å²) >= 11 is 0. The van der Waals surface area contributed by atoms with Gasteiger partial charge in [0.25, 0.3) is 0 Å². The van der Waals surface area contributed by atoms with E-state index in [-0.39, 0.29) is 19.0 Å². The standard InChI is InChI=1S/C10H19O4P/c1-5-9(11)10(6-2)15(12,13-7-3)14-8-4/h6,10H,2,5,7-8H2,1,3-4H3. The second-order valence-corrected chi connectivity index (χ2v) is 5.03. The third-order valence-electron chi connectivity index (χ3n) is 1.86. The molecule has 15 heavy (non-hydrogen) atoms. The topological polar surface area (TPSA) is 52.6 Å². The first-order chi connectivity index (χ1) is 7.05. The molecule has 0 fully saturated rings. The number of hydrogen-bond donors (Lipinski definition) is 0. The van der Waals surface area contributed by atoms with Crippen LogP contribution in [0.15, 0.2) is 12.7 Å². The van der Waals surface area contributed by atoms with E-state index in [9.17, 15) is 9.36 Å². The Hall–Kier alpha value is -0.440. The molecule has 1 unspecified atom stereocenters. The maximum atomic E-state index is 12.2. The molecule has 4 nitrogen and oxygen atoms in total. The normalized spacial score (nSPS) is 13.5. The molecule has 0 N–H and O–H groups in total. The van der Waals surface area contributed by atoms with Crippen molar-refractivity contribution in [2.24, 2.45) is 0 Å². The summed E-state index contributed by atoms with van der Waals surface area (Å²) < 4.78 is 22.4. The summed E-state index contributed by atoms with van der Waals surface area (Å²) in [5, 5.41) is 0. The Bertz CT molecular complexity index is 252. The minimum absolute atomic E-state index is 0.171. The van der Waals surface area contributed by atoms with Gasteiger partial charge in [0.05, 0.1) is 13.2 Å². The summed E-state index contributed by atoms with van der Waals surface area (Å²) in [6.07, 6.45) is 1.64. The lowest BCUT2D eigenvalue weighted by molar-refractivity contribution is -0.118. The fourth-order valence-corrected chi connectivity index (χ4v) is 3.11. The van der Waals surface area contributed by atoms with Gasteiger partial charge in [0.1, 0.15) is 5.66 Å². The first-order valence-electron chi connectivity index (χ1n) is 5.09. The van der Waals surface area contributed by atoms with Gasteiger partial charge in [0.15, 0.2) is 5.78 Å². The molecule has 0 rings (SSSR count). The van der Waals surface area contributed by atoms with Crippen LogP contribution in [0.5, 0.6) is 0 Å². The number of ketones is 1. The summed E-state index contributed by atoms with van der Waals surface area (Å²) in [4.78, 5) is 11.5. The highest BCUT2D eigenvalue weighted by atomic mass is 31.2. The van der Waals surface area contributed by atoms with Crippen LogP contribution in [0.1, 0.15) is 27.2 Å². The Balaban J connectivity index is 4.92. The van der Waals surface area contributed by atoms with Gasteiger partial charge < -0.3 is 9.05 Å². The minimum atomic E-state index is -3.37. The second-order valence-electron chi connectivity index (χ2n) is 2.88. The number of allylic oxidation sites excluding steroid dienone is 1. The van der Waals surface area contributed by atoms with Gasteiger partial charge in [0.2, 0.25) is 0 Å². The molecule has 0 radical (unpaired) electrons. The van der Waals surface area contributed by atoms with Crippen LogP contribution in [0.2, 0.25) is 0 Å². The Morgan fingerprint density at radius 3 is 2.07 bits per heavy atom. The van der Waals surface area contributed by atoms with Crippen molar-refractivity contribution in [1.29, 1.82) is 0 Å². The van der Waals surface area contributed by atoms with Crippen LogP contribution in [0.4, 0.5) is 0 Å². The van der Waals surface area contributed by atoms with Gasteiger partial charge in [-0.05, 0) is 13.8 Å². The average Bonchev–Trinajstić information content (AvgIpc) is 2.19. The second kappa shape index (κ2) is 6.94. The lowest BCUT2D eigenvalue weighted by Gasteiger charge is -2.22. The van der Waals surface area contributed by atoms with E-state index in [1.165, 1.54) is 6.08 Å². The van der Waals surface area contributed by atoms with Crippen molar-refractivity contribution in [2.45, 2.75) is 32.9 Å². The van der Waals surface area contributed by atoms with Crippen LogP contribution in [-0.4, -0.2) is 24.7 Å². The predicted octanol–water partition coefficient (Wildman–Crippen LogP) is 2.79. The molecular weight excluding hydrogens is 215 g/mol. The first kappa shape index (κ1) is 14.6. The zero-order valence-corrected chi connectivity index (χ0v) is 10.5. The van der Waals surface area contributed by atoms with E-state index in [4.69, 9.17) is 9.05 Å².